The van der Waals surface area contributed by atoms with Crippen molar-refractivity contribution in [3.63, 3.8) is 0 Å². The number of sulfone groups is 1. The average Bonchev–Trinajstić information content (AvgIpc) is 3.04. The molecule has 1 aromatic heterocycles. The molecule has 1 amide bonds. The molecule has 0 fully saturated rings. The Morgan fingerprint density at radius 3 is 2.75 bits per heavy atom. The topological polar surface area (TPSA) is 89.0 Å². The van der Waals surface area contributed by atoms with Crippen LogP contribution in [0.2, 0.25) is 0 Å². The van der Waals surface area contributed by atoms with Gasteiger partial charge in [-0.3, -0.25) is 4.79 Å². The first-order chi connectivity index (χ1) is 11.4. The number of carbonyl (C=O) groups is 1. The molecule has 6 nitrogen and oxygen atoms in total. The summed E-state index contributed by atoms with van der Waals surface area (Å²) in [5.74, 6) is 0.142. The van der Waals surface area contributed by atoms with Crippen molar-refractivity contribution >= 4 is 21.6 Å². The quantitative estimate of drug-likeness (QED) is 0.919. The number of aryl methyl sites for hydroxylation is 1. The van der Waals surface area contributed by atoms with Crippen molar-refractivity contribution in [2.24, 2.45) is 0 Å². The number of aromatic nitrogens is 2. The van der Waals surface area contributed by atoms with Gasteiger partial charge in [-0.05, 0) is 51.3 Å². The van der Waals surface area contributed by atoms with Gasteiger partial charge in [0, 0.05) is 16.8 Å². The Bertz CT molecular complexity index is 892. The lowest BCUT2D eigenvalue weighted by atomic mass is 10.2. The molecule has 126 valence electrons. The maximum atomic E-state index is 12.5. The minimum absolute atomic E-state index is 0.151. The molecular formula is C17H19N3O3S. The Balaban J connectivity index is 1.88. The normalized spacial score (nSPS) is 13.8. The molecule has 0 spiro atoms. The van der Waals surface area contributed by atoms with Gasteiger partial charge < -0.3 is 5.32 Å². The highest BCUT2D eigenvalue weighted by Gasteiger charge is 2.22. The Morgan fingerprint density at radius 2 is 2.00 bits per heavy atom. The van der Waals surface area contributed by atoms with Crippen molar-refractivity contribution in [2.75, 3.05) is 5.32 Å². The fourth-order valence-corrected chi connectivity index (χ4v) is 3.84. The highest BCUT2D eigenvalue weighted by atomic mass is 32.2. The van der Waals surface area contributed by atoms with E-state index in [1.54, 1.807) is 26.0 Å². The molecule has 7 heteroatoms. The van der Waals surface area contributed by atoms with Crippen molar-refractivity contribution in [1.29, 1.82) is 0 Å². The Morgan fingerprint density at radius 1 is 1.21 bits per heavy atom. The van der Waals surface area contributed by atoms with E-state index in [1.165, 1.54) is 18.5 Å². The fraction of sp³-hybridized carbons (Fsp3) is 0.353. The SMILES string of the molecule is CC(C)S(=O)(=O)c1cccc(C(=O)Nc2ncnc3c2CCC3)c1. The fourth-order valence-electron chi connectivity index (χ4n) is 2.73. The zero-order valence-electron chi connectivity index (χ0n) is 13.6. The maximum Gasteiger partial charge on any atom is 0.256 e. The number of benzene rings is 1. The molecule has 3 rings (SSSR count). The first-order valence-corrected chi connectivity index (χ1v) is 9.42. The Kier molecular flexibility index (Phi) is 4.36. The van der Waals surface area contributed by atoms with E-state index in [9.17, 15) is 13.2 Å². The zero-order valence-corrected chi connectivity index (χ0v) is 14.4. The standard InChI is InChI=1S/C17H19N3O3S/c1-11(2)24(22,23)13-6-3-5-12(9-13)17(21)20-16-14-7-4-8-15(14)18-10-19-16/h3,5-6,9-11H,4,7-8H2,1-2H3,(H,18,19,20,21). The van der Waals surface area contributed by atoms with E-state index < -0.39 is 15.1 Å². The van der Waals surface area contributed by atoms with Crippen molar-refractivity contribution < 1.29 is 13.2 Å². The van der Waals surface area contributed by atoms with Crippen LogP contribution in [0.25, 0.3) is 0 Å². The van der Waals surface area contributed by atoms with Crippen molar-refractivity contribution in [3.05, 3.63) is 47.4 Å². The van der Waals surface area contributed by atoms with Gasteiger partial charge in [0.1, 0.15) is 12.1 Å². The third kappa shape index (κ3) is 3.03. The van der Waals surface area contributed by atoms with Crippen LogP contribution < -0.4 is 5.32 Å². The second-order valence-corrected chi connectivity index (χ2v) is 8.58. The molecule has 1 N–H and O–H groups in total. The Hall–Kier alpha value is -2.28. The molecule has 0 saturated heterocycles. The van der Waals surface area contributed by atoms with Crippen LogP contribution in [0.1, 0.15) is 41.9 Å². The number of fused-ring (bicyclic) bond motifs is 1. The summed E-state index contributed by atoms with van der Waals surface area (Å²) in [4.78, 5) is 21.0. The summed E-state index contributed by atoms with van der Waals surface area (Å²) in [6, 6.07) is 6.09. The molecule has 1 heterocycles. The number of nitrogens with one attached hydrogen (secondary N) is 1. The van der Waals surface area contributed by atoms with Crippen molar-refractivity contribution in [3.8, 4) is 0 Å². The van der Waals surface area contributed by atoms with Crippen molar-refractivity contribution in [1.82, 2.24) is 9.97 Å². The number of hydrogen-bond donors (Lipinski definition) is 1. The molecule has 2 aromatic rings. The van der Waals surface area contributed by atoms with E-state index in [0.717, 1.165) is 30.5 Å². The average molecular weight is 345 g/mol. The van der Waals surface area contributed by atoms with Crippen molar-refractivity contribution in [2.45, 2.75) is 43.3 Å². The van der Waals surface area contributed by atoms with E-state index >= 15 is 0 Å². The summed E-state index contributed by atoms with van der Waals surface area (Å²) in [5, 5.41) is 2.24. The van der Waals surface area contributed by atoms with Crippen LogP contribution in [0.4, 0.5) is 5.82 Å². The van der Waals surface area contributed by atoms with E-state index in [4.69, 9.17) is 0 Å². The van der Waals surface area contributed by atoms with Gasteiger partial charge in [0.2, 0.25) is 0 Å². The molecule has 0 atom stereocenters. The zero-order chi connectivity index (χ0) is 17.3. The number of nitrogens with zero attached hydrogens (tertiary/aromatic N) is 2. The second kappa shape index (κ2) is 6.32. The molecule has 1 aliphatic rings. The predicted octanol–water partition coefficient (Wildman–Crippen LogP) is 2.40. The van der Waals surface area contributed by atoms with E-state index in [1.807, 2.05) is 0 Å². The molecule has 0 radical (unpaired) electrons. The largest absolute Gasteiger partial charge is 0.306 e. The van der Waals surface area contributed by atoms with Gasteiger partial charge in [-0.25, -0.2) is 18.4 Å². The highest BCUT2D eigenvalue weighted by molar-refractivity contribution is 7.92. The maximum absolute atomic E-state index is 12.5. The van der Waals surface area contributed by atoms with Crippen LogP contribution in [0.3, 0.4) is 0 Å². The van der Waals surface area contributed by atoms with Gasteiger partial charge in [-0.2, -0.15) is 0 Å². The lowest BCUT2D eigenvalue weighted by Gasteiger charge is -2.11. The molecule has 0 bridgehead atoms. The number of anilines is 1. The van der Waals surface area contributed by atoms with Gasteiger partial charge in [-0.15, -0.1) is 0 Å². The minimum Gasteiger partial charge on any atom is -0.306 e. The molecule has 24 heavy (non-hydrogen) atoms. The molecule has 0 unspecified atom stereocenters. The van der Waals surface area contributed by atoms with Crippen LogP contribution in [0.5, 0.6) is 0 Å². The second-order valence-electron chi connectivity index (χ2n) is 6.08. The van der Waals surface area contributed by atoms with E-state index in [2.05, 4.69) is 15.3 Å². The smallest absolute Gasteiger partial charge is 0.256 e. The molecule has 0 saturated carbocycles. The lowest BCUT2D eigenvalue weighted by molar-refractivity contribution is 0.102. The number of rotatable bonds is 4. The predicted molar refractivity (Wildman–Crippen MR) is 90.8 cm³/mol. The number of hydrogen-bond acceptors (Lipinski definition) is 5. The summed E-state index contributed by atoms with van der Waals surface area (Å²) >= 11 is 0. The van der Waals surface area contributed by atoms with Gasteiger partial charge >= 0.3 is 0 Å². The van der Waals surface area contributed by atoms with Gasteiger partial charge in [-0.1, -0.05) is 6.07 Å². The molecule has 1 aliphatic carbocycles. The summed E-state index contributed by atoms with van der Waals surface area (Å²) in [7, 11) is -3.42. The summed E-state index contributed by atoms with van der Waals surface area (Å²) in [5.41, 5.74) is 2.23. The molecule has 1 aromatic carbocycles. The van der Waals surface area contributed by atoms with Gasteiger partial charge in [0.05, 0.1) is 10.1 Å². The monoisotopic (exact) mass is 345 g/mol. The lowest BCUT2D eigenvalue weighted by Crippen LogP contribution is -2.17. The third-order valence-electron chi connectivity index (χ3n) is 4.15. The van der Waals surface area contributed by atoms with Gasteiger partial charge in [0.25, 0.3) is 5.91 Å². The summed E-state index contributed by atoms with van der Waals surface area (Å²) in [6.07, 6.45) is 4.18. The summed E-state index contributed by atoms with van der Waals surface area (Å²) in [6.45, 7) is 3.23. The first kappa shape index (κ1) is 16.6. The Labute approximate surface area is 141 Å². The van der Waals surface area contributed by atoms with Crippen LogP contribution in [-0.4, -0.2) is 29.5 Å². The van der Waals surface area contributed by atoms with Crippen LogP contribution in [-0.2, 0) is 22.7 Å². The van der Waals surface area contributed by atoms with Gasteiger partial charge in [0.15, 0.2) is 9.84 Å². The van der Waals surface area contributed by atoms with Crippen LogP contribution in [0, 0.1) is 0 Å². The molecule has 0 aliphatic heterocycles. The summed E-state index contributed by atoms with van der Waals surface area (Å²) < 4.78 is 24.5. The highest BCUT2D eigenvalue weighted by Crippen LogP contribution is 2.25. The molecular weight excluding hydrogens is 326 g/mol. The first-order valence-electron chi connectivity index (χ1n) is 7.87. The van der Waals surface area contributed by atoms with Crippen LogP contribution in [0.15, 0.2) is 35.5 Å². The number of carbonyl (C=O) groups excluding carboxylic acids is 1. The number of amides is 1. The van der Waals surface area contributed by atoms with E-state index in [-0.39, 0.29) is 10.8 Å². The minimum atomic E-state index is -3.42. The third-order valence-corrected chi connectivity index (χ3v) is 6.30. The van der Waals surface area contributed by atoms with Crippen LogP contribution >= 0.6 is 0 Å². The van der Waals surface area contributed by atoms with E-state index in [0.29, 0.717) is 11.4 Å².